The van der Waals surface area contributed by atoms with E-state index in [1.54, 1.807) is 6.07 Å². The van der Waals surface area contributed by atoms with Crippen molar-refractivity contribution in [2.75, 3.05) is 0 Å². The quantitative estimate of drug-likeness (QED) is 0.430. The molecule has 0 fully saturated rings. The summed E-state index contributed by atoms with van der Waals surface area (Å²) in [5.74, 6) is -0.0211. The Kier molecular flexibility index (Phi) is 3.11. The molecule has 120 valence electrons. The SMILES string of the molecule is O=C1C(c2sc3c(ccc4ccccc43)c2O)=Nc2ccc(Br)cc21. The van der Waals surface area contributed by atoms with E-state index in [4.69, 9.17) is 0 Å². The predicted octanol–water partition coefficient (Wildman–Crippen LogP) is 5.84. The summed E-state index contributed by atoms with van der Waals surface area (Å²) in [7, 11) is 0. The highest BCUT2D eigenvalue weighted by atomic mass is 79.9. The minimum Gasteiger partial charge on any atom is -0.506 e. The van der Waals surface area contributed by atoms with Crippen LogP contribution in [0.3, 0.4) is 0 Å². The second-order valence-electron chi connectivity index (χ2n) is 5.89. The van der Waals surface area contributed by atoms with Crippen molar-refractivity contribution in [2.45, 2.75) is 0 Å². The number of thiophene rings is 1. The first-order valence-corrected chi connectivity index (χ1v) is 9.31. The van der Waals surface area contributed by atoms with Gasteiger partial charge in [-0.05, 0) is 35.0 Å². The monoisotopic (exact) mass is 407 g/mol. The summed E-state index contributed by atoms with van der Waals surface area (Å²) in [5, 5.41) is 13.7. The van der Waals surface area contributed by atoms with Gasteiger partial charge in [-0.25, -0.2) is 4.99 Å². The van der Waals surface area contributed by atoms with Crippen molar-refractivity contribution in [3.8, 4) is 5.75 Å². The summed E-state index contributed by atoms with van der Waals surface area (Å²) in [6.45, 7) is 0. The van der Waals surface area contributed by atoms with Crippen LogP contribution in [0.2, 0.25) is 0 Å². The molecule has 1 aliphatic rings. The Balaban J connectivity index is 1.76. The Bertz CT molecular complexity index is 1240. The molecule has 1 aromatic heterocycles. The molecule has 0 atom stereocenters. The van der Waals surface area contributed by atoms with Crippen LogP contribution in [-0.2, 0) is 0 Å². The molecule has 0 radical (unpaired) electrons. The molecule has 0 saturated heterocycles. The van der Waals surface area contributed by atoms with E-state index in [9.17, 15) is 9.90 Å². The van der Waals surface area contributed by atoms with Crippen LogP contribution in [0.4, 0.5) is 5.69 Å². The van der Waals surface area contributed by atoms with E-state index in [0.29, 0.717) is 21.8 Å². The van der Waals surface area contributed by atoms with Crippen LogP contribution in [0.25, 0.3) is 20.9 Å². The average molecular weight is 408 g/mol. The van der Waals surface area contributed by atoms with Crippen molar-refractivity contribution in [1.29, 1.82) is 0 Å². The summed E-state index contributed by atoms with van der Waals surface area (Å²) in [6, 6.07) is 17.4. The number of Topliss-reactive ketones (excluding diaryl/α,β-unsaturated/α-hetero) is 1. The van der Waals surface area contributed by atoms with E-state index in [1.807, 2.05) is 48.5 Å². The number of hydrogen-bond acceptors (Lipinski definition) is 4. The van der Waals surface area contributed by atoms with Crippen molar-refractivity contribution in [2.24, 2.45) is 4.99 Å². The molecule has 5 rings (SSSR count). The molecule has 0 amide bonds. The Morgan fingerprint density at radius 1 is 1.00 bits per heavy atom. The summed E-state index contributed by atoms with van der Waals surface area (Å²) in [6.07, 6.45) is 0. The molecule has 0 spiro atoms. The third-order valence-electron chi connectivity index (χ3n) is 4.42. The maximum absolute atomic E-state index is 12.8. The number of ketones is 1. The van der Waals surface area contributed by atoms with Gasteiger partial charge in [-0.15, -0.1) is 11.3 Å². The van der Waals surface area contributed by atoms with Crippen molar-refractivity contribution >= 4 is 65.3 Å². The topological polar surface area (TPSA) is 49.7 Å². The van der Waals surface area contributed by atoms with Crippen molar-refractivity contribution in [1.82, 2.24) is 0 Å². The number of carbonyl (C=O) groups is 1. The number of aromatic hydroxyl groups is 1. The molecule has 1 aliphatic heterocycles. The van der Waals surface area contributed by atoms with E-state index in [2.05, 4.69) is 20.9 Å². The van der Waals surface area contributed by atoms with Gasteiger partial charge in [-0.1, -0.05) is 46.3 Å². The number of aliphatic imine (C=N–C) groups is 1. The smallest absolute Gasteiger partial charge is 0.215 e. The zero-order valence-electron chi connectivity index (χ0n) is 12.8. The number of hydrogen-bond donors (Lipinski definition) is 1. The molecule has 1 N–H and O–H groups in total. The number of fused-ring (bicyclic) bond motifs is 4. The third-order valence-corrected chi connectivity index (χ3v) is 6.15. The molecular formula is C20H10BrNO2S. The highest BCUT2D eigenvalue weighted by Gasteiger charge is 2.30. The van der Waals surface area contributed by atoms with Gasteiger partial charge >= 0.3 is 0 Å². The van der Waals surface area contributed by atoms with Crippen LogP contribution in [0.15, 0.2) is 64.1 Å². The maximum Gasteiger partial charge on any atom is 0.215 e. The second kappa shape index (κ2) is 5.25. The number of benzene rings is 3. The molecule has 3 aromatic carbocycles. The molecule has 25 heavy (non-hydrogen) atoms. The molecule has 0 bridgehead atoms. The van der Waals surface area contributed by atoms with E-state index < -0.39 is 0 Å². The van der Waals surface area contributed by atoms with Crippen LogP contribution in [0, 0.1) is 0 Å². The first-order chi connectivity index (χ1) is 12.1. The molecule has 5 heteroatoms. The highest BCUT2D eigenvalue weighted by Crippen LogP contribution is 2.43. The van der Waals surface area contributed by atoms with Gasteiger partial charge in [0.25, 0.3) is 0 Å². The minimum absolute atomic E-state index is 0.129. The molecule has 0 saturated carbocycles. The second-order valence-corrected chi connectivity index (χ2v) is 7.83. The Morgan fingerprint density at radius 2 is 1.84 bits per heavy atom. The average Bonchev–Trinajstić information content (AvgIpc) is 3.13. The molecule has 3 nitrogen and oxygen atoms in total. The van der Waals surface area contributed by atoms with Gasteiger partial charge in [-0.3, -0.25) is 4.79 Å². The van der Waals surface area contributed by atoms with Crippen molar-refractivity contribution in [3.05, 3.63) is 69.5 Å². The zero-order chi connectivity index (χ0) is 17.1. The van der Waals surface area contributed by atoms with Gasteiger partial charge in [-0.2, -0.15) is 0 Å². The van der Waals surface area contributed by atoms with Crippen LogP contribution in [0.5, 0.6) is 5.75 Å². The summed E-state index contributed by atoms with van der Waals surface area (Å²) < 4.78 is 1.81. The van der Waals surface area contributed by atoms with Crippen LogP contribution < -0.4 is 0 Å². The maximum atomic E-state index is 12.8. The number of carbonyl (C=O) groups excluding carboxylic acids is 1. The lowest BCUT2D eigenvalue weighted by Crippen LogP contribution is -2.09. The standard InChI is InChI=1S/C20H10BrNO2S/c21-11-6-8-15-14(9-11)17(23)16(22-15)20-18(24)13-7-5-10-3-1-2-4-12(10)19(13)25-20/h1-9,24H. The lowest BCUT2D eigenvalue weighted by molar-refractivity contribution is 0.107. The molecule has 0 aliphatic carbocycles. The predicted molar refractivity (Wildman–Crippen MR) is 106 cm³/mol. The number of nitrogens with zero attached hydrogens (tertiary/aromatic N) is 1. The summed E-state index contributed by atoms with van der Waals surface area (Å²) in [5.41, 5.74) is 1.52. The van der Waals surface area contributed by atoms with Crippen LogP contribution in [0.1, 0.15) is 15.2 Å². The third kappa shape index (κ3) is 2.09. The molecule has 4 aromatic rings. The van der Waals surface area contributed by atoms with Gasteiger partial charge in [0, 0.05) is 14.6 Å². The van der Waals surface area contributed by atoms with E-state index in [0.717, 1.165) is 25.3 Å². The van der Waals surface area contributed by atoms with Crippen molar-refractivity contribution in [3.63, 3.8) is 0 Å². The lowest BCUT2D eigenvalue weighted by Gasteiger charge is -1.98. The zero-order valence-corrected chi connectivity index (χ0v) is 15.2. The Morgan fingerprint density at radius 3 is 2.72 bits per heavy atom. The normalized spacial score (nSPS) is 13.5. The largest absolute Gasteiger partial charge is 0.506 e. The van der Waals surface area contributed by atoms with E-state index in [1.165, 1.54) is 11.3 Å². The van der Waals surface area contributed by atoms with Gasteiger partial charge in [0.1, 0.15) is 11.5 Å². The van der Waals surface area contributed by atoms with Crippen LogP contribution in [-0.4, -0.2) is 16.6 Å². The first kappa shape index (κ1) is 14.8. The van der Waals surface area contributed by atoms with E-state index in [-0.39, 0.29) is 11.5 Å². The summed E-state index contributed by atoms with van der Waals surface area (Å²) in [4.78, 5) is 17.8. The van der Waals surface area contributed by atoms with Crippen molar-refractivity contribution < 1.29 is 9.90 Å². The fraction of sp³-hybridized carbons (Fsp3) is 0. The Labute approximate surface area is 155 Å². The highest BCUT2D eigenvalue weighted by molar-refractivity contribution is 9.10. The minimum atomic E-state index is -0.150. The number of halogens is 1. The van der Waals surface area contributed by atoms with Gasteiger partial charge in [0.05, 0.1) is 16.1 Å². The number of rotatable bonds is 1. The molecule has 2 heterocycles. The molecule has 0 unspecified atom stereocenters. The van der Waals surface area contributed by atoms with Gasteiger partial charge in [0.2, 0.25) is 5.78 Å². The van der Waals surface area contributed by atoms with E-state index >= 15 is 0 Å². The van der Waals surface area contributed by atoms with Gasteiger partial charge in [0.15, 0.2) is 0 Å². The van der Waals surface area contributed by atoms with Crippen LogP contribution >= 0.6 is 27.3 Å². The van der Waals surface area contributed by atoms with Gasteiger partial charge < -0.3 is 5.11 Å². The first-order valence-electron chi connectivity index (χ1n) is 7.70. The molecular weight excluding hydrogens is 398 g/mol. The summed E-state index contributed by atoms with van der Waals surface area (Å²) >= 11 is 4.80. The fourth-order valence-electron chi connectivity index (χ4n) is 3.21. The Hall–Kier alpha value is -2.50. The lowest BCUT2D eigenvalue weighted by atomic mass is 10.1. The fourth-order valence-corrected chi connectivity index (χ4v) is 4.79.